The predicted octanol–water partition coefficient (Wildman–Crippen LogP) is 2.96. The highest BCUT2D eigenvalue weighted by Gasteiger charge is 2.22. The van der Waals surface area contributed by atoms with Crippen molar-refractivity contribution in [2.45, 2.75) is 6.92 Å². The molecular weight excluding hydrogens is 357 g/mol. The van der Waals surface area contributed by atoms with E-state index in [9.17, 15) is 14.0 Å². The second kappa shape index (κ2) is 8.88. The second-order valence-corrected chi connectivity index (χ2v) is 5.47. The molecule has 2 aromatic rings. The van der Waals surface area contributed by atoms with Gasteiger partial charge in [0, 0.05) is 5.69 Å². The van der Waals surface area contributed by atoms with Crippen LogP contribution in [0.3, 0.4) is 0 Å². The van der Waals surface area contributed by atoms with Crippen molar-refractivity contribution in [3.05, 3.63) is 47.3 Å². The van der Waals surface area contributed by atoms with E-state index in [1.165, 1.54) is 51.7 Å². The van der Waals surface area contributed by atoms with E-state index >= 15 is 0 Å². The first-order valence-electron chi connectivity index (χ1n) is 7.93. The summed E-state index contributed by atoms with van der Waals surface area (Å²) < 4.78 is 33.9. The van der Waals surface area contributed by atoms with Crippen LogP contribution in [-0.4, -0.2) is 39.8 Å². The van der Waals surface area contributed by atoms with Gasteiger partial charge in [0.25, 0.3) is 5.91 Å². The van der Waals surface area contributed by atoms with Gasteiger partial charge in [0.1, 0.15) is 11.4 Å². The fourth-order valence-electron chi connectivity index (χ4n) is 2.39. The number of aryl methyl sites for hydroxylation is 1. The summed E-state index contributed by atoms with van der Waals surface area (Å²) in [6.07, 6.45) is 0. The third-order valence-electron chi connectivity index (χ3n) is 3.73. The van der Waals surface area contributed by atoms with Crippen LogP contribution in [-0.2, 0) is 9.53 Å². The molecule has 8 heteroatoms. The molecule has 0 spiro atoms. The van der Waals surface area contributed by atoms with Gasteiger partial charge in [-0.1, -0.05) is 6.07 Å². The number of methoxy groups -OCH3 is 3. The minimum absolute atomic E-state index is 0.0740. The number of anilines is 1. The molecule has 0 aromatic heterocycles. The molecule has 144 valence electrons. The molecule has 0 aliphatic heterocycles. The minimum Gasteiger partial charge on any atom is -0.493 e. The predicted molar refractivity (Wildman–Crippen MR) is 96.1 cm³/mol. The molecule has 2 rings (SSSR count). The summed E-state index contributed by atoms with van der Waals surface area (Å²) in [7, 11) is 4.23. The maximum Gasteiger partial charge on any atom is 0.342 e. The number of nitrogens with one attached hydrogen (secondary N) is 1. The van der Waals surface area contributed by atoms with Gasteiger partial charge in [0.2, 0.25) is 5.75 Å². The van der Waals surface area contributed by atoms with Crippen molar-refractivity contribution in [2.24, 2.45) is 0 Å². The van der Waals surface area contributed by atoms with Crippen molar-refractivity contribution in [1.29, 1.82) is 0 Å². The molecule has 0 heterocycles. The van der Waals surface area contributed by atoms with Gasteiger partial charge in [-0.2, -0.15) is 0 Å². The monoisotopic (exact) mass is 377 g/mol. The van der Waals surface area contributed by atoms with E-state index < -0.39 is 24.3 Å². The van der Waals surface area contributed by atoms with Crippen LogP contribution in [0.25, 0.3) is 0 Å². The lowest BCUT2D eigenvalue weighted by Gasteiger charge is -2.15. The summed E-state index contributed by atoms with van der Waals surface area (Å²) in [6, 6.07) is 6.97. The molecule has 0 saturated carbocycles. The van der Waals surface area contributed by atoms with Gasteiger partial charge in [-0.3, -0.25) is 4.79 Å². The smallest absolute Gasteiger partial charge is 0.342 e. The normalized spacial score (nSPS) is 10.1. The van der Waals surface area contributed by atoms with E-state index in [1.54, 1.807) is 6.92 Å². The van der Waals surface area contributed by atoms with Crippen molar-refractivity contribution in [3.8, 4) is 17.2 Å². The number of rotatable bonds is 7. The second-order valence-electron chi connectivity index (χ2n) is 5.47. The van der Waals surface area contributed by atoms with Gasteiger partial charge in [0.15, 0.2) is 18.1 Å². The molecule has 0 unspecified atom stereocenters. The molecule has 0 fully saturated rings. The summed E-state index contributed by atoms with van der Waals surface area (Å²) >= 11 is 0. The lowest BCUT2D eigenvalue weighted by atomic mass is 10.1. The van der Waals surface area contributed by atoms with Crippen LogP contribution in [0.5, 0.6) is 17.2 Å². The topological polar surface area (TPSA) is 83.1 Å². The van der Waals surface area contributed by atoms with Crippen LogP contribution in [0.2, 0.25) is 0 Å². The third kappa shape index (κ3) is 4.66. The summed E-state index contributed by atoms with van der Waals surface area (Å²) in [4.78, 5) is 24.3. The number of amides is 1. The van der Waals surface area contributed by atoms with E-state index in [4.69, 9.17) is 18.9 Å². The summed E-state index contributed by atoms with van der Waals surface area (Å²) in [5.41, 5.74) is 1.06. The fourth-order valence-corrected chi connectivity index (χ4v) is 2.39. The van der Waals surface area contributed by atoms with Crippen LogP contribution in [0.4, 0.5) is 10.1 Å². The minimum atomic E-state index is -0.779. The summed E-state index contributed by atoms with van der Waals surface area (Å²) in [6.45, 7) is 1.17. The molecule has 0 aliphatic carbocycles. The highest BCUT2D eigenvalue weighted by molar-refractivity contribution is 5.97. The maximum absolute atomic E-state index is 13.3. The molecule has 1 N–H and O–H groups in total. The number of hydrogen-bond acceptors (Lipinski definition) is 6. The number of halogens is 1. The first-order chi connectivity index (χ1) is 12.9. The zero-order valence-corrected chi connectivity index (χ0v) is 15.4. The Morgan fingerprint density at radius 1 is 1.00 bits per heavy atom. The lowest BCUT2D eigenvalue weighted by Crippen LogP contribution is -2.21. The fraction of sp³-hybridized carbons (Fsp3) is 0.263. The number of hydrogen-bond donors (Lipinski definition) is 1. The quantitative estimate of drug-likeness (QED) is 0.747. The van der Waals surface area contributed by atoms with Gasteiger partial charge < -0.3 is 24.3 Å². The Balaban J connectivity index is 2.09. The van der Waals surface area contributed by atoms with E-state index in [0.29, 0.717) is 17.0 Å². The average Bonchev–Trinajstić information content (AvgIpc) is 2.67. The summed E-state index contributed by atoms with van der Waals surface area (Å²) in [5.74, 6) is -1.12. The average molecular weight is 377 g/mol. The van der Waals surface area contributed by atoms with Crippen molar-refractivity contribution in [3.63, 3.8) is 0 Å². The van der Waals surface area contributed by atoms with E-state index in [0.717, 1.165) is 0 Å². The molecule has 1 amide bonds. The number of esters is 1. The van der Waals surface area contributed by atoms with Crippen molar-refractivity contribution in [1.82, 2.24) is 0 Å². The van der Waals surface area contributed by atoms with Crippen molar-refractivity contribution < 1.29 is 32.9 Å². The van der Waals surface area contributed by atoms with Crippen LogP contribution in [0, 0.1) is 12.7 Å². The zero-order chi connectivity index (χ0) is 20.0. The Bertz CT molecular complexity index is 852. The van der Waals surface area contributed by atoms with Crippen LogP contribution < -0.4 is 19.5 Å². The molecule has 27 heavy (non-hydrogen) atoms. The molecule has 0 radical (unpaired) electrons. The van der Waals surface area contributed by atoms with Gasteiger partial charge in [-0.05, 0) is 36.8 Å². The Morgan fingerprint density at radius 2 is 1.70 bits per heavy atom. The van der Waals surface area contributed by atoms with Crippen LogP contribution in [0.1, 0.15) is 15.9 Å². The number of carbonyl (C=O) groups is 2. The standard InChI is InChI=1S/C19H20FNO6/c1-11-5-6-12(20)9-14(11)21-16(22)10-27-19(23)13-7-8-15(24-2)18(26-4)17(13)25-3/h5-9H,10H2,1-4H3,(H,21,22). The number of benzene rings is 2. The lowest BCUT2D eigenvalue weighted by molar-refractivity contribution is -0.119. The molecule has 7 nitrogen and oxygen atoms in total. The Kier molecular flexibility index (Phi) is 6.59. The van der Waals surface area contributed by atoms with Crippen LogP contribution >= 0.6 is 0 Å². The largest absolute Gasteiger partial charge is 0.493 e. The molecule has 0 bridgehead atoms. The number of ether oxygens (including phenoxy) is 4. The SMILES string of the molecule is COc1ccc(C(=O)OCC(=O)Nc2cc(F)ccc2C)c(OC)c1OC. The zero-order valence-electron chi connectivity index (χ0n) is 15.4. The van der Waals surface area contributed by atoms with Gasteiger partial charge in [-0.25, -0.2) is 9.18 Å². The van der Waals surface area contributed by atoms with Crippen LogP contribution in [0.15, 0.2) is 30.3 Å². The molecule has 0 saturated heterocycles. The first kappa shape index (κ1) is 20.0. The molecule has 0 aliphatic rings. The Hall–Kier alpha value is -3.29. The highest BCUT2D eigenvalue weighted by atomic mass is 19.1. The van der Waals surface area contributed by atoms with Gasteiger partial charge in [0.05, 0.1) is 21.3 Å². The van der Waals surface area contributed by atoms with Gasteiger partial charge >= 0.3 is 5.97 Å². The molecule has 2 aromatic carbocycles. The van der Waals surface area contributed by atoms with E-state index in [-0.39, 0.29) is 17.1 Å². The Labute approximate surface area is 156 Å². The third-order valence-corrected chi connectivity index (χ3v) is 3.73. The molecule has 0 atom stereocenters. The number of carbonyl (C=O) groups excluding carboxylic acids is 2. The molecular formula is C19H20FNO6. The van der Waals surface area contributed by atoms with Crippen molar-refractivity contribution >= 4 is 17.6 Å². The summed E-state index contributed by atoms with van der Waals surface area (Å²) in [5, 5.41) is 2.50. The highest BCUT2D eigenvalue weighted by Crippen LogP contribution is 2.39. The van der Waals surface area contributed by atoms with Crippen molar-refractivity contribution in [2.75, 3.05) is 33.3 Å². The van der Waals surface area contributed by atoms with Gasteiger partial charge in [-0.15, -0.1) is 0 Å². The first-order valence-corrected chi connectivity index (χ1v) is 7.93. The maximum atomic E-state index is 13.3. The van der Waals surface area contributed by atoms with E-state index in [1.807, 2.05) is 0 Å². The Morgan fingerprint density at radius 3 is 2.33 bits per heavy atom. The van der Waals surface area contributed by atoms with E-state index in [2.05, 4.69) is 5.32 Å².